The topological polar surface area (TPSA) is 40.8 Å². The number of rotatable bonds is 2. The van der Waals surface area contributed by atoms with Crippen LogP contribution in [0.5, 0.6) is 0 Å². The van der Waals surface area contributed by atoms with Gasteiger partial charge < -0.3 is 10.0 Å². The van der Waals surface area contributed by atoms with Crippen molar-refractivity contribution >= 4 is 23.7 Å². The minimum Gasteiger partial charge on any atom is -0.390 e. The Labute approximate surface area is 141 Å². The van der Waals surface area contributed by atoms with Crippen LogP contribution in [-0.4, -0.2) is 21.0 Å². The first-order valence-electron chi connectivity index (χ1n) is 7.67. The number of aliphatic hydroxyl groups is 1. The van der Waals surface area contributed by atoms with Crippen LogP contribution in [0.4, 0.5) is 5.69 Å². The predicted octanol–water partition coefficient (Wildman–Crippen LogP) is 3.12. The van der Waals surface area contributed by atoms with Gasteiger partial charge in [-0.2, -0.15) is 0 Å². The third-order valence-electron chi connectivity index (χ3n) is 4.55. The molecule has 0 amide bonds. The van der Waals surface area contributed by atoms with Crippen LogP contribution in [-0.2, 0) is 19.6 Å². The molecule has 0 saturated carbocycles. The van der Waals surface area contributed by atoms with E-state index in [0.29, 0.717) is 0 Å². The maximum Gasteiger partial charge on any atom is 0.161 e. The van der Waals surface area contributed by atoms with Crippen LogP contribution in [0.1, 0.15) is 22.5 Å². The summed E-state index contributed by atoms with van der Waals surface area (Å²) in [6, 6.07) is 12.8. The second-order valence-corrected chi connectivity index (χ2v) is 5.83. The van der Waals surface area contributed by atoms with Crippen molar-refractivity contribution in [3.63, 3.8) is 0 Å². The molecule has 4 rings (SSSR count). The first-order valence-corrected chi connectivity index (χ1v) is 7.67. The number of pyridine rings is 1. The molecule has 1 aliphatic heterocycles. The molecule has 1 N–H and O–H groups in total. The highest BCUT2D eigenvalue weighted by Crippen LogP contribution is 2.28. The average Bonchev–Trinajstić information content (AvgIpc) is 2.89. The van der Waals surface area contributed by atoms with Gasteiger partial charge in [-0.3, -0.25) is 4.40 Å². The molecule has 120 valence electrons. The van der Waals surface area contributed by atoms with E-state index in [9.17, 15) is 5.11 Å². The summed E-state index contributed by atoms with van der Waals surface area (Å²) in [5.74, 6) is 0. The van der Waals surface area contributed by atoms with Crippen LogP contribution < -0.4 is 4.90 Å². The summed E-state index contributed by atoms with van der Waals surface area (Å²) in [5.41, 5.74) is 6.67. The van der Waals surface area contributed by atoms with Crippen molar-refractivity contribution < 1.29 is 5.11 Å². The summed E-state index contributed by atoms with van der Waals surface area (Å²) < 4.78 is 2.01. The lowest BCUT2D eigenvalue weighted by molar-refractivity contribution is 0.275. The normalized spacial score (nSPS) is 13.7. The van der Waals surface area contributed by atoms with E-state index in [1.807, 2.05) is 23.6 Å². The van der Waals surface area contributed by atoms with E-state index >= 15 is 0 Å². The van der Waals surface area contributed by atoms with Gasteiger partial charge in [0.25, 0.3) is 0 Å². The van der Waals surface area contributed by atoms with E-state index in [1.165, 1.54) is 11.1 Å². The molecule has 23 heavy (non-hydrogen) atoms. The fraction of sp³-hybridized carbons (Fsp3) is 0.278. The summed E-state index contributed by atoms with van der Waals surface area (Å²) in [6.07, 6.45) is 3.03. The van der Waals surface area contributed by atoms with E-state index in [2.05, 4.69) is 40.2 Å². The van der Waals surface area contributed by atoms with Crippen molar-refractivity contribution in [2.45, 2.75) is 26.5 Å². The zero-order chi connectivity index (χ0) is 15.1. The van der Waals surface area contributed by atoms with E-state index in [1.54, 1.807) is 0 Å². The molecule has 0 unspecified atom stereocenters. The van der Waals surface area contributed by atoms with Gasteiger partial charge in [-0.25, -0.2) is 4.98 Å². The van der Waals surface area contributed by atoms with Crippen LogP contribution in [0.3, 0.4) is 0 Å². The molecule has 0 atom stereocenters. The molecule has 3 aromatic rings. The van der Waals surface area contributed by atoms with Gasteiger partial charge in [0, 0.05) is 19.3 Å². The number of imidazole rings is 1. The zero-order valence-corrected chi connectivity index (χ0v) is 13.9. The van der Waals surface area contributed by atoms with Crippen LogP contribution in [0.2, 0.25) is 0 Å². The fourth-order valence-electron chi connectivity index (χ4n) is 3.35. The SMILES string of the molecule is Cc1nc2c(N3CCc4ccccc4C3)cccn2c1CO.Cl. The minimum atomic E-state index is 0. The van der Waals surface area contributed by atoms with Gasteiger partial charge in [-0.15, -0.1) is 12.4 Å². The predicted molar refractivity (Wildman–Crippen MR) is 94.3 cm³/mol. The molecule has 0 fully saturated rings. The van der Waals surface area contributed by atoms with Gasteiger partial charge in [0.15, 0.2) is 5.65 Å². The van der Waals surface area contributed by atoms with Crippen molar-refractivity contribution in [1.82, 2.24) is 9.38 Å². The molecule has 4 nitrogen and oxygen atoms in total. The Bertz CT molecular complexity index is 843. The van der Waals surface area contributed by atoms with E-state index in [4.69, 9.17) is 0 Å². The Morgan fingerprint density at radius 1 is 1.13 bits per heavy atom. The zero-order valence-electron chi connectivity index (χ0n) is 13.1. The summed E-state index contributed by atoms with van der Waals surface area (Å²) in [6.45, 7) is 3.88. The molecule has 0 spiro atoms. The fourth-order valence-corrected chi connectivity index (χ4v) is 3.35. The van der Waals surface area contributed by atoms with Crippen molar-refractivity contribution in [1.29, 1.82) is 0 Å². The number of anilines is 1. The standard InChI is InChI=1S/C18H19N3O.ClH/c1-13-17(12-22)21-9-4-7-16(18(21)19-13)20-10-8-14-5-2-3-6-15(14)11-20;/h2-7,9,22H,8,10-12H2,1H3;1H. The number of aryl methyl sites for hydroxylation is 1. The molecule has 1 aromatic carbocycles. The van der Waals surface area contributed by atoms with E-state index in [-0.39, 0.29) is 19.0 Å². The van der Waals surface area contributed by atoms with Crippen LogP contribution in [0.25, 0.3) is 5.65 Å². The lowest BCUT2D eigenvalue weighted by atomic mass is 9.99. The average molecular weight is 330 g/mol. The Morgan fingerprint density at radius 2 is 1.91 bits per heavy atom. The number of halogens is 1. The summed E-state index contributed by atoms with van der Waals surface area (Å²) in [4.78, 5) is 7.06. The Balaban J connectivity index is 0.00000156. The number of hydrogen-bond donors (Lipinski definition) is 1. The highest BCUT2D eigenvalue weighted by atomic mass is 35.5. The first kappa shape index (κ1) is 15.8. The quantitative estimate of drug-likeness (QED) is 0.785. The monoisotopic (exact) mass is 329 g/mol. The molecule has 0 saturated heterocycles. The van der Waals surface area contributed by atoms with Gasteiger partial charge in [-0.05, 0) is 36.6 Å². The van der Waals surface area contributed by atoms with Crippen LogP contribution in [0.15, 0.2) is 42.6 Å². The molecule has 5 heteroatoms. The summed E-state index contributed by atoms with van der Waals surface area (Å²) in [7, 11) is 0. The Morgan fingerprint density at radius 3 is 2.70 bits per heavy atom. The van der Waals surface area contributed by atoms with Gasteiger partial charge in [-0.1, -0.05) is 24.3 Å². The molecular formula is C18H20ClN3O. The molecule has 1 aliphatic rings. The number of fused-ring (bicyclic) bond motifs is 2. The lowest BCUT2D eigenvalue weighted by Crippen LogP contribution is -2.30. The maximum absolute atomic E-state index is 9.56. The number of nitrogens with zero attached hydrogens (tertiary/aromatic N) is 3. The molecule has 0 radical (unpaired) electrons. The maximum atomic E-state index is 9.56. The van der Waals surface area contributed by atoms with Gasteiger partial charge in [0.2, 0.25) is 0 Å². The van der Waals surface area contributed by atoms with Crippen LogP contribution >= 0.6 is 12.4 Å². The molecule has 0 aliphatic carbocycles. The van der Waals surface area contributed by atoms with Crippen molar-refractivity contribution in [2.75, 3.05) is 11.4 Å². The van der Waals surface area contributed by atoms with Gasteiger partial charge in [0.05, 0.1) is 23.7 Å². The smallest absolute Gasteiger partial charge is 0.161 e. The van der Waals surface area contributed by atoms with Crippen molar-refractivity contribution in [3.8, 4) is 0 Å². The Hall–Kier alpha value is -2.04. The number of aromatic nitrogens is 2. The molecular weight excluding hydrogens is 310 g/mol. The molecule has 0 bridgehead atoms. The van der Waals surface area contributed by atoms with Crippen LogP contribution in [0, 0.1) is 6.92 Å². The molecule has 2 aromatic heterocycles. The summed E-state index contributed by atoms with van der Waals surface area (Å²) >= 11 is 0. The number of hydrogen-bond acceptors (Lipinski definition) is 3. The second-order valence-electron chi connectivity index (χ2n) is 5.83. The Kier molecular flexibility index (Phi) is 4.28. The highest BCUT2D eigenvalue weighted by Gasteiger charge is 2.20. The van der Waals surface area contributed by atoms with Crippen molar-refractivity contribution in [2.24, 2.45) is 0 Å². The van der Waals surface area contributed by atoms with Gasteiger partial charge in [0.1, 0.15) is 0 Å². The number of benzene rings is 1. The first-order chi connectivity index (χ1) is 10.8. The van der Waals surface area contributed by atoms with Gasteiger partial charge >= 0.3 is 0 Å². The largest absolute Gasteiger partial charge is 0.390 e. The van der Waals surface area contributed by atoms with E-state index in [0.717, 1.165) is 42.2 Å². The lowest BCUT2D eigenvalue weighted by Gasteiger charge is -2.30. The second kappa shape index (κ2) is 6.22. The molecule has 3 heterocycles. The summed E-state index contributed by atoms with van der Waals surface area (Å²) in [5, 5.41) is 9.56. The van der Waals surface area contributed by atoms with Crippen molar-refractivity contribution in [3.05, 3.63) is 65.1 Å². The third kappa shape index (κ3) is 2.58. The third-order valence-corrected chi connectivity index (χ3v) is 4.55. The highest BCUT2D eigenvalue weighted by molar-refractivity contribution is 5.85. The van der Waals surface area contributed by atoms with E-state index < -0.39 is 0 Å². The number of aliphatic hydroxyl groups excluding tert-OH is 1. The minimum absolute atomic E-state index is 0.